The summed E-state index contributed by atoms with van der Waals surface area (Å²) in [5.74, 6) is -0.262. The van der Waals surface area contributed by atoms with Crippen LogP contribution in [0.5, 0.6) is 5.75 Å². The molecule has 0 fully saturated rings. The van der Waals surface area contributed by atoms with Gasteiger partial charge in [-0.1, -0.05) is 6.07 Å². The number of ether oxygens (including phenoxy) is 1. The van der Waals surface area contributed by atoms with E-state index in [2.05, 4.69) is 5.32 Å². The average Bonchev–Trinajstić information content (AvgIpc) is 2.35. The fraction of sp³-hybridized carbons (Fsp3) is 0.462. The van der Waals surface area contributed by atoms with Gasteiger partial charge in [-0.15, -0.1) is 0 Å². The fourth-order valence-electron chi connectivity index (χ4n) is 1.48. The molecule has 0 aliphatic heterocycles. The summed E-state index contributed by atoms with van der Waals surface area (Å²) in [5, 5.41) is 2.72. The van der Waals surface area contributed by atoms with Crippen molar-refractivity contribution in [3.63, 3.8) is 0 Å². The van der Waals surface area contributed by atoms with Crippen molar-refractivity contribution in [2.45, 2.75) is 25.8 Å². The van der Waals surface area contributed by atoms with E-state index in [1.165, 1.54) is 13.2 Å². The Morgan fingerprint density at radius 1 is 1.56 bits per heavy atom. The zero-order valence-electron chi connectivity index (χ0n) is 10.7. The summed E-state index contributed by atoms with van der Waals surface area (Å²) >= 11 is 0. The Hall–Kier alpha value is -1.62. The van der Waals surface area contributed by atoms with Crippen LogP contribution < -0.4 is 15.8 Å². The highest BCUT2D eigenvalue weighted by molar-refractivity contribution is 5.76. The zero-order valence-corrected chi connectivity index (χ0v) is 10.7. The number of aryl methyl sites for hydroxylation is 1. The highest BCUT2D eigenvalue weighted by Crippen LogP contribution is 2.18. The van der Waals surface area contributed by atoms with Crippen LogP contribution in [0.1, 0.15) is 18.9 Å². The van der Waals surface area contributed by atoms with Gasteiger partial charge in [-0.05, 0) is 31.0 Å². The Balaban J connectivity index is 2.46. The molecule has 1 amide bonds. The lowest BCUT2D eigenvalue weighted by molar-refractivity contribution is -0.121. The number of nitrogens with one attached hydrogen (secondary N) is 1. The summed E-state index contributed by atoms with van der Waals surface area (Å²) in [7, 11) is 1.41. The third kappa shape index (κ3) is 4.71. The van der Waals surface area contributed by atoms with Crippen molar-refractivity contribution in [3.8, 4) is 5.75 Å². The Kier molecular flexibility index (Phi) is 5.58. The standard InChI is InChI=1S/C13H19FN2O2/c1-9(15)8-16-13(17)6-4-10-3-5-11(14)12(7-10)18-2/h3,5,7,9H,4,6,8,15H2,1-2H3,(H,16,17). The molecule has 18 heavy (non-hydrogen) atoms. The van der Waals surface area contributed by atoms with E-state index in [0.29, 0.717) is 19.4 Å². The summed E-state index contributed by atoms with van der Waals surface area (Å²) in [4.78, 5) is 11.5. The van der Waals surface area contributed by atoms with E-state index >= 15 is 0 Å². The Morgan fingerprint density at radius 3 is 2.89 bits per heavy atom. The van der Waals surface area contributed by atoms with Gasteiger partial charge in [0.25, 0.3) is 0 Å². The van der Waals surface area contributed by atoms with E-state index in [1.54, 1.807) is 12.1 Å². The van der Waals surface area contributed by atoms with E-state index in [0.717, 1.165) is 5.56 Å². The number of methoxy groups -OCH3 is 1. The van der Waals surface area contributed by atoms with Gasteiger partial charge in [-0.2, -0.15) is 0 Å². The molecule has 3 N–H and O–H groups in total. The molecule has 1 aromatic rings. The number of benzene rings is 1. The predicted molar refractivity (Wildman–Crippen MR) is 67.9 cm³/mol. The Morgan fingerprint density at radius 2 is 2.28 bits per heavy atom. The summed E-state index contributed by atoms with van der Waals surface area (Å²) < 4.78 is 18.0. The van der Waals surface area contributed by atoms with E-state index in [1.807, 2.05) is 6.92 Å². The van der Waals surface area contributed by atoms with E-state index in [-0.39, 0.29) is 17.7 Å². The molecule has 0 aromatic heterocycles. The molecule has 0 radical (unpaired) electrons. The quantitative estimate of drug-likeness (QED) is 0.802. The number of carbonyl (C=O) groups excluding carboxylic acids is 1. The number of halogens is 1. The molecule has 4 nitrogen and oxygen atoms in total. The second-order valence-electron chi connectivity index (χ2n) is 4.25. The third-order valence-electron chi connectivity index (χ3n) is 2.48. The lowest BCUT2D eigenvalue weighted by Crippen LogP contribution is -2.35. The number of hydrogen-bond donors (Lipinski definition) is 2. The largest absolute Gasteiger partial charge is 0.494 e. The summed E-state index contributed by atoms with van der Waals surface area (Å²) in [6.45, 7) is 2.29. The highest BCUT2D eigenvalue weighted by Gasteiger charge is 2.06. The maximum Gasteiger partial charge on any atom is 0.220 e. The zero-order chi connectivity index (χ0) is 13.5. The van der Waals surface area contributed by atoms with Crippen LogP contribution in [0.25, 0.3) is 0 Å². The number of rotatable bonds is 6. The molecule has 1 rings (SSSR count). The van der Waals surface area contributed by atoms with Crippen LogP contribution in [0.2, 0.25) is 0 Å². The molecule has 0 saturated heterocycles. The molecule has 1 atom stereocenters. The topological polar surface area (TPSA) is 64.3 Å². The molecule has 100 valence electrons. The predicted octanol–water partition coefficient (Wildman–Crippen LogP) is 1.23. The fourth-order valence-corrected chi connectivity index (χ4v) is 1.48. The Labute approximate surface area is 106 Å². The molecule has 0 aliphatic rings. The van der Waals surface area contributed by atoms with Crippen molar-refractivity contribution in [3.05, 3.63) is 29.6 Å². The van der Waals surface area contributed by atoms with Crippen LogP contribution >= 0.6 is 0 Å². The second kappa shape index (κ2) is 6.96. The minimum Gasteiger partial charge on any atom is -0.494 e. The molecule has 0 heterocycles. The molecule has 1 aromatic carbocycles. The summed E-state index contributed by atoms with van der Waals surface area (Å²) in [6, 6.07) is 4.54. The molecule has 1 unspecified atom stereocenters. The van der Waals surface area contributed by atoms with E-state index in [9.17, 15) is 9.18 Å². The molecule has 0 bridgehead atoms. The van der Waals surface area contributed by atoms with Gasteiger partial charge in [0.15, 0.2) is 11.6 Å². The number of hydrogen-bond acceptors (Lipinski definition) is 3. The number of nitrogens with two attached hydrogens (primary N) is 1. The minimum atomic E-state index is -0.400. The highest BCUT2D eigenvalue weighted by atomic mass is 19.1. The SMILES string of the molecule is COc1cc(CCC(=O)NCC(C)N)ccc1F. The first kappa shape index (κ1) is 14.4. The van der Waals surface area contributed by atoms with Crippen LogP contribution in [0.4, 0.5) is 4.39 Å². The molecule has 0 spiro atoms. The molecule has 0 aliphatic carbocycles. The lowest BCUT2D eigenvalue weighted by atomic mass is 10.1. The van der Waals surface area contributed by atoms with Gasteiger partial charge in [0.1, 0.15) is 0 Å². The smallest absolute Gasteiger partial charge is 0.220 e. The van der Waals surface area contributed by atoms with Crippen molar-refractivity contribution >= 4 is 5.91 Å². The monoisotopic (exact) mass is 254 g/mol. The first-order chi connectivity index (χ1) is 8.52. The molecular weight excluding hydrogens is 235 g/mol. The minimum absolute atomic E-state index is 0.0557. The van der Waals surface area contributed by atoms with Crippen molar-refractivity contribution in [2.75, 3.05) is 13.7 Å². The van der Waals surface area contributed by atoms with Gasteiger partial charge in [-0.25, -0.2) is 4.39 Å². The average molecular weight is 254 g/mol. The van der Waals surface area contributed by atoms with Gasteiger partial charge >= 0.3 is 0 Å². The normalized spacial score (nSPS) is 12.0. The van der Waals surface area contributed by atoms with Crippen LogP contribution in [0.3, 0.4) is 0 Å². The van der Waals surface area contributed by atoms with Gasteiger partial charge < -0.3 is 15.8 Å². The van der Waals surface area contributed by atoms with Crippen molar-refractivity contribution in [1.82, 2.24) is 5.32 Å². The summed E-state index contributed by atoms with van der Waals surface area (Å²) in [6.07, 6.45) is 0.892. The number of carbonyl (C=O) groups is 1. The number of amides is 1. The van der Waals surface area contributed by atoms with Crippen LogP contribution in [-0.4, -0.2) is 25.6 Å². The Bertz CT molecular complexity index is 408. The van der Waals surface area contributed by atoms with Gasteiger partial charge in [0.2, 0.25) is 5.91 Å². The molecular formula is C13H19FN2O2. The second-order valence-corrected chi connectivity index (χ2v) is 4.25. The van der Waals surface area contributed by atoms with Crippen molar-refractivity contribution in [2.24, 2.45) is 5.73 Å². The maximum absolute atomic E-state index is 13.2. The van der Waals surface area contributed by atoms with Crippen LogP contribution in [0, 0.1) is 5.82 Å². The van der Waals surface area contributed by atoms with Crippen molar-refractivity contribution in [1.29, 1.82) is 0 Å². The molecule has 5 heteroatoms. The van der Waals surface area contributed by atoms with Gasteiger partial charge in [-0.3, -0.25) is 4.79 Å². The van der Waals surface area contributed by atoms with Crippen molar-refractivity contribution < 1.29 is 13.9 Å². The van der Waals surface area contributed by atoms with Gasteiger partial charge in [0, 0.05) is 19.0 Å². The van der Waals surface area contributed by atoms with E-state index < -0.39 is 5.82 Å². The maximum atomic E-state index is 13.2. The van der Waals surface area contributed by atoms with Gasteiger partial charge in [0.05, 0.1) is 7.11 Å². The van der Waals surface area contributed by atoms with Crippen LogP contribution in [0.15, 0.2) is 18.2 Å². The first-order valence-corrected chi connectivity index (χ1v) is 5.87. The first-order valence-electron chi connectivity index (χ1n) is 5.87. The van der Waals surface area contributed by atoms with Crippen LogP contribution in [-0.2, 0) is 11.2 Å². The van der Waals surface area contributed by atoms with E-state index in [4.69, 9.17) is 10.5 Å². The lowest BCUT2D eigenvalue weighted by Gasteiger charge is -2.08. The molecule has 0 saturated carbocycles. The third-order valence-corrected chi connectivity index (χ3v) is 2.48. The summed E-state index contributed by atoms with van der Waals surface area (Å²) in [5.41, 5.74) is 6.39.